The standard InChI is InChI=1S/C19H22N2O6S/c1-5-20(17-10-8-15(11-14(17)4)19(22)27-6-2)28(25,26)18-12-16(21(23)24)9-7-13(18)3/h7-12H,5-6H2,1-4H3. The fraction of sp³-hybridized carbons (Fsp3) is 0.316. The molecule has 2 aromatic rings. The third kappa shape index (κ3) is 4.14. The fourth-order valence-electron chi connectivity index (χ4n) is 2.85. The van der Waals surface area contributed by atoms with Crippen LogP contribution >= 0.6 is 0 Å². The van der Waals surface area contributed by atoms with E-state index < -0.39 is 20.9 Å². The van der Waals surface area contributed by atoms with Crippen molar-refractivity contribution in [3.63, 3.8) is 0 Å². The highest BCUT2D eigenvalue weighted by atomic mass is 32.2. The quantitative estimate of drug-likeness (QED) is 0.395. The van der Waals surface area contributed by atoms with Crippen LogP contribution in [0.15, 0.2) is 41.3 Å². The Hall–Kier alpha value is -2.94. The van der Waals surface area contributed by atoms with Gasteiger partial charge in [-0.3, -0.25) is 14.4 Å². The minimum Gasteiger partial charge on any atom is -0.462 e. The van der Waals surface area contributed by atoms with Gasteiger partial charge >= 0.3 is 5.97 Å². The number of rotatable bonds is 7. The first-order valence-electron chi connectivity index (χ1n) is 8.69. The number of carbonyl (C=O) groups excluding carboxylic acids is 1. The first-order chi connectivity index (χ1) is 13.1. The average Bonchev–Trinajstić information content (AvgIpc) is 2.63. The van der Waals surface area contributed by atoms with Gasteiger partial charge < -0.3 is 4.74 Å². The molecule has 2 aromatic carbocycles. The summed E-state index contributed by atoms with van der Waals surface area (Å²) in [6, 6.07) is 8.34. The zero-order valence-corrected chi connectivity index (χ0v) is 16.9. The summed E-state index contributed by atoms with van der Waals surface area (Å²) in [5.74, 6) is -0.488. The van der Waals surface area contributed by atoms with Crippen molar-refractivity contribution in [2.24, 2.45) is 0 Å². The van der Waals surface area contributed by atoms with E-state index in [4.69, 9.17) is 4.74 Å². The van der Waals surface area contributed by atoms with E-state index in [0.717, 1.165) is 6.07 Å². The van der Waals surface area contributed by atoms with Gasteiger partial charge in [0.25, 0.3) is 15.7 Å². The number of hydrogen-bond acceptors (Lipinski definition) is 6. The Morgan fingerprint density at radius 3 is 2.32 bits per heavy atom. The number of benzene rings is 2. The number of nitro benzene ring substituents is 1. The molecule has 0 fully saturated rings. The smallest absolute Gasteiger partial charge is 0.338 e. The van der Waals surface area contributed by atoms with Gasteiger partial charge in [-0.2, -0.15) is 0 Å². The molecule has 0 aliphatic rings. The summed E-state index contributed by atoms with van der Waals surface area (Å²) in [6.07, 6.45) is 0. The lowest BCUT2D eigenvalue weighted by molar-refractivity contribution is -0.385. The Bertz CT molecular complexity index is 1020. The van der Waals surface area contributed by atoms with E-state index in [1.165, 1.54) is 28.6 Å². The summed E-state index contributed by atoms with van der Waals surface area (Å²) >= 11 is 0. The van der Waals surface area contributed by atoms with E-state index in [9.17, 15) is 23.3 Å². The summed E-state index contributed by atoms with van der Waals surface area (Å²) in [6.45, 7) is 7.00. The molecule has 0 heterocycles. The van der Waals surface area contributed by atoms with E-state index in [1.807, 2.05) is 0 Å². The molecule has 28 heavy (non-hydrogen) atoms. The molecular weight excluding hydrogens is 384 g/mol. The van der Waals surface area contributed by atoms with E-state index in [-0.39, 0.29) is 23.7 Å². The number of hydrogen-bond donors (Lipinski definition) is 0. The molecule has 0 radical (unpaired) electrons. The third-order valence-corrected chi connectivity index (χ3v) is 6.25. The zero-order valence-electron chi connectivity index (χ0n) is 16.1. The van der Waals surface area contributed by atoms with Crippen LogP contribution in [0.2, 0.25) is 0 Å². The second-order valence-electron chi connectivity index (χ2n) is 6.10. The summed E-state index contributed by atoms with van der Waals surface area (Å²) < 4.78 is 32.6. The second kappa shape index (κ2) is 8.39. The van der Waals surface area contributed by atoms with Gasteiger partial charge in [-0.15, -0.1) is 0 Å². The van der Waals surface area contributed by atoms with Crippen LogP contribution in [0.1, 0.15) is 35.3 Å². The topological polar surface area (TPSA) is 107 Å². The first-order valence-corrected chi connectivity index (χ1v) is 10.1. The second-order valence-corrected chi connectivity index (χ2v) is 7.93. The fourth-order valence-corrected chi connectivity index (χ4v) is 4.63. The van der Waals surface area contributed by atoms with Crippen LogP contribution in [0.3, 0.4) is 0 Å². The van der Waals surface area contributed by atoms with E-state index in [2.05, 4.69) is 0 Å². The van der Waals surface area contributed by atoms with Crippen molar-refractivity contribution < 1.29 is 22.9 Å². The van der Waals surface area contributed by atoms with E-state index >= 15 is 0 Å². The highest BCUT2D eigenvalue weighted by Gasteiger charge is 2.28. The highest BCUT2D eigenvalue weighted by Crippen LogP contribution is 2.30. The number of nitrogens with zero attached hydrogens (tertiary/aromatic N) is 2. The van der Waals surface area contributed by atoms with Crippen molar-refractivity contribution in [2.75, 3.05) is 17.5 Å². The maximum absolute atomic E-state index is 13.2. The molecule has 9 heteroatoms. The molecule has 0 saturated carbocycles. The van der Waals surface area contributed by atoms with Crippen LogP contribution in [0.4, 0.5) is 11.4 Å². The number of aryl methyl sites for hydroxylation is 2. The molecule has 0 saturated heterocycles. The van der Waals surface area contributed by atoms with Gasteiger partial charge in [-0.05, 0) is 57.0 Å². The van der Waals surface area contributed by atoms with E-state index in [1.54, 1.807) is 33.8 Å². The molecule has 0 bridgehead atoms. The van der Waals surface area contributed by atoms with Crippen molar-refractivity contribution in [2.45, 2.75) is 32.6 Å². The molecule has 0 amide bonds. The molecule has 0 aromatic heterocycles. The highest BCUT2D eigenvalue weighted by molar-refractivity contribution is 7.92. The minimum atomic E-state index is -4.04. The Balaban J connectivity index is 2.54. The van der Waals surface area contributed by atoms with Crippen LogP contribution in [0, 0.1) is 24.0 Å². The van der Waals surface area contributed by atoms with Crippen LogP contribution in [0.25, 0.3) is 0 Å². The maximum atomic E-state index is 13.2. The number of sulfonamides is 1. The molecule has 0 aliphatic heterocycles. The Kier molecular flexibility index (Phi) is 6.40. The third-order valence-electron chi connectivity index (χ3n) is 4.21. The predicted molar refractivity (Wildman–Crippen MR) is 105 cm³/mol. The number of nitro groups is 1. The number of ether oxygens (including phenoxy) is 1. The van der Waals surface area contributed by atoms with Gasteiger partial charge in [0.2, 0.25) is 0 Å². The molecule has 0 N–H and O–H groups in total. The molecule has 0 atom stereocenters. The monoisotopic (exact) mass is 406 g/mol. The molecular formula is C19H22N2O6S. The van der Waals surface area contributed by atoms with Gasteiger partial charge in [0.1, 0.15) is 0 Å². The predicted octanol–water partition coefficient (Wildman–Crippen LogP) is 3.60. The van der Waals surface area contributed by atoms with Gasteiger partial charge in [-0.1, -0.05) is 6.07 Å². The lowest BCUT2D eigenvalue weighted by Gasteiger charge is -2.25. The van der Waals surface area contributed by atoms with Crippen LogP contribution in [-0.2, 0) is 14.8 Å². The van der Waals surface area contributed by atoms with Gasteiger partial charge in [0.15, 0.2) is 0 Å². The van der Waals surface area contributed by atoms with Crippen molar-refractivity contribution in [1.82, 2.24) is 0 Å². The number of non-ortho nitro benzene ring substituents is 1. The molecule has 0 unspecified atom stereocenters. The normalized spacial score (nSPS) is 11.1. The molecule has 150 valence electrons. The summed E-state index contributed by atoms with van der Waals surface area (Å²) in [7, 11) is -4.04. The largest absolute Gasteiger partial charge is 0.462 e. The molecule has 0 spiro atoms. The SMILES string of the molecule is CCOC(=O)c1ccc(N(CC)S(=O)(=O)c2cc([N+](=O)[O-])ccc2C)c(C)c1. The Labute approximate surface area is 163 Å². The van der Waals surface area contributed by atoms with Crippen LogP contribution < -0.4 is 4.31 Å². The maximum Gasteiger partial charge on any atom is 0.338 e. The van der Waals surface area contributed by atoms with Crippen molar-refractivity contribution in [3.05, 3.63) is 63.2 Å². The lowest BCUT2D eigenvalue weighted by Crippen LogP contribution is -2.32. The Morgan fingerprint density at radius 2 is 1.79 bits per heavy atom. The molecule has 8 nitrogen and oxygen atoms in total. The number of esters is 1. The first kappa shape index (κ1) is 21.4. The van der Waals surface area contributed by atoms with Gasteiger partial charge in [-0.25, -0.2) is 13.2 Å². The minimum absolute atomic E-state index is 0.115. The van der Waals surface area contributed by atoms with Crippen LogP contribution in [-0.4, -0.2) is 32.5 Å². The number of carbonyl (C=O) groups is 1. The Morgan fingerprint density at radius 1 is 1.11 bits per heavy atom. The molecule has 0 aliphatic carbocycles. The molecule has 2 rings (SSSR count). The number of anilines is 1. The zero-order chi connectivity index (χ0) is 21.1. The summed E-state index contributed by atoms with van der Waals surface area (Å²) in [5, 5.41) is 11.1. The van der Waals surface area contributed by atoms with Crippen molar-refractivity contribution >= 4 is 27.4 Å². The summed E-state index contributed by atoms with van der Waals surface area (Å²) in [5.41, 5.74) is 1.39. The van der Waals surface area contributed by atoms with Crippen LogP contribution in [0.5, 0.6) is 0 Å². The summed E-state index contributed by atoms with van der Waals surface area (Å²) in [4.78, 5) is 22.2. The van der Waals surface area contributed by atoms with Gasteiger partial charge in [0, 0.05) is 18.7 Å². The van der Waals surface area contributed by atoms with Crippen molar-refractivity contribution in [1.29, 1.82) is 0 Å². The lowest BCUT2D eigenvalue weighted by atomic mass is 10.1. The van der Waals surface area contributed by atoms with Crippen molar-refractivity contribution in [3.8, 4) is 0 Å². The average molecular weight is 406 g/mol. The van der Waals surface area contributed by atoms with Gasteiger partial charge in [0.05, 0.1) is 27.7 Å². The van der Waals surface area contributed by atoms with E-state index in [0.29, 0.717) is 22.4 Å².